The van der Waals surface area contributed by atoms with Gasteiger partial charge in [0.2, 0.25) is 0 Å². The minimum absolute atomic E-state index is 0.209. The van der Waals surface area contributed by atoms with Crippen LogP contribution >= 0.6 is 24.0 Å². The summed E-state index contributed by atoms with van der Waals surface area (Å²) in [5, 5.41) is 0.499. The van der Waals surface area contributed by atoms with Crippen molar-refractivity contribution in [3.8, 4) is 10.6 Å². The van der Waals surface area contributed by atoms with Crippen LogP contribution in [0.1, 0.15) is 10.6 Å². The van der Waals surface area contributed by atoms with Crippen LogP contribution in [0.2, 0.25) is 0 Å². The zero-order chi connectivity index (χ0) is 11.7. The van der Waals surface area contributed by atoms with Gasteiger partial charge in [-0.15, -0.1) is 11.3 Å². The van der Waals surface area contributed by atoms with Crippen LogP contribution < -0.4 is 0 Å². The molecular formula is C11H9F2NS2. The maximum atomic E-state index is 13.5. The number of aryl methyl sites for hydroxylation is 1. The van der Waals surface area contributed by atoms with E-state index in [2.05, 4.69) is 17.6 Å². The molecule has 0 saturated heterocycles. The van der Waals surface area contributed by atoms with Gasteiger partial charge in [-0.3, -0.25) is 0 Å². The van der Waals surface area contributed by atoms with Crippen molar-refractivity contribution in [3.05, 3.63) is 40.4 Å². The Hall–Kier alpha value is -0.940. The summed E-state index contributed by atoms with van der Waals surface area (Å²) in [4.78, 5) is 5.19. The van der Waals surface area contributed by atoms with Gasteiger partial charge in [-0.1, -0.05) is 0 Å². The number of halogens is 2. The Balaban J connectivity index is 2.53. The average Bonchev–Trinajstić information content (AvgIpc) is 2.63. The van der Waals surface area contributed by atoms with Crippen LogP contribution in [0, 0.1) is 18.6 Å². The second-order valence-electron chi connectivity index (χ2n) is 3.31. The molecule has 0 saturated carbocycles. The number of nitrogens with zero attached hydrogens (tertiary/aromatic N) is 1. The molecule has 2 aromatic rings. The third-order valence-electron chi connectivity index (χ3n) is 2.20. The number of aromatic nitrogens is 1. The molecule has 1 heterocycles. The first kappa shape index (κ1) is 11.5. The summed E-state index contributed by atoms with van der Waals surface area (Å²) >= 11 is 5.50. The minimum atomic E-state index is -0.461. The number of rotatable bonds is 2. The van der Waals surface area contributed by atoms with E-state index in [-0.39, 0.29) is 5.56 Å². The molecule has 1 nitrogen and oxygen atoms in total. The molecule has 0 unspecified atom stereocenters. The van der Waals surface area contributed by atoms with E-state index in [1.807, 2.05) is 6.92 Å². The first-order valence-electron chi connectivity index (χ1n) is 4.64. The summed E-state index contributed by atoms with van der Waals surface area (Å²) in [6.07, 6.45) is 0. The predicted octanol–water partition coefficient (Wildman–Crippen LogP) is 3.83. The number of benzene rings is 1. The van der Waals surface area contributed by atoms with E-state index in [1.165, 1.54) is 11.3 Å². The molecule has 1 aromatic carbocycles. The lowest BCUT2D eigenvalue weighted by Crippen LogP contribution is -1.85. The molecule has 5 heteroatoms. The van der Waals surface area contributed by atoms with Crippen LogP contribution in [-0.2, 0) is 5.75 Å². The van der Waals surface area contributed by atoms with Crippen molar-refractivity contribution in [2.45, 2.75) is 12.7 Å². The standard InChI is InChI=1S/C11H9F2NS2/c1-6-10(5-15)16-11(14-6)8-4-7(12)2-3-9(8)13/h2-4,15H,5H2,1H3. The fourth-order valence-electron chi connectivity index (χ4n) is 1.35. The molecule has 0 aliphatic rings. The fraction of sp³-hybridized carbons (Fsp3) is 0.182. The van der Waals surface area contributed by atoms with Gasteiger partial charge in [-0.05, 0) is 25.1 Å². The third kappa shape index (κ3) is 2.10. The molecule has 16 heavy (non-hydrogen) atoms. The summed E-state index contributed by atoms with van der Waals surface area (Å²) < 4.78 is 26.5. The maximum absolute atomic E-state index is 13.5. The van der Waals surface area contributed by atoms with E-state index in [9.17, 15) is 8.78 Å². The van der Waals surface area contributed by atoms with Gasteiger partial charge in [0.15, 0.2) is 0 Å². The van der Waals surface area contributed by atoms with E-state index in [0.29, 0.717) is 10.8 Å². The van der Waals surface area contributed by atoms with Gasteiger partial charge >= 0.3 is 0 Å². The van der Waals surface area contributed by atoms with Gasteiger partial charge in [0, 0.05) is 16.2 Å². The Kier molecular flexibility index (Phi) is 3.25. The molecule has 0 aliphatic heterocycles. The molecule has 84 valence electrons. The Morgan fingerprint density at radius 1 is 1.38 bits per heavy atom. The zero-order valence-corrected chi connectivity index (χ0v) is 10.2. The first-order valence-corrected chi connectivity index (χ1v) is 6.09. The highest BCUT2D eigenvalue weighted by Gasteiger charge is 2.12. The zero-order valence-electron chi connectivity index (χ0n) is 8.50. The first-order chi connectivity index (χ1) is 7.61. The van der Waals surface area contributed by atoms with Crippen molar-refractivity contribution in [2.75, 3.05) is 0 Å². The predicted molar refractivity (Wildman–Crippen MR) is 64.9 cm³/mol. The third-order valence-corrected chi connectivity index (χ3v) is 3.92. The fourth-order valence-corrected chi connectivity index (χ4v) is 2.71. The van der Waals surface area contributed by atoms with Crippen LogP contribution in [0.5, 0.6) is 0 Å². The van der Waals surface area contributed by atoms with Gasteiger partial charge in [-0.2, -0.15) is 12.6 Å². The largest absolute Gasteiger partial charge is 0.241 e. The van der Waals surface area contributed by atoms with Crippen molar-refractivity contribution in [1.29, 1.82) is 0 Å². The summed E-state index contributed by atoms with van der Waals surface area (Å²) in [6, 6.07) is 3.37. The molecule has 0 N–H and O–H groups in total. The number of hydrogen-bond acceptors (Lipinski definition) is 3. The SMILES string of the molecule is Cc1nc(-c2cc(F)ccc2F)sc1CS. The second kappa shape index (κ2) is 4.51. The van der Waals surface area contributed by atoms with Crippen molar-refractivity contribution < 1.29 is 8.78 Å². The van der Waals surface area contributed by atoms with Gasteiger partial charge in [0.25, 0.3) is 0 Å². The number of thiol groups is 1. The molecule has 1 aromatic heterocycles. The molecule has 0 amide bonds. The molecular weight excluding hydrogens is 248 g/mol. The number of thiazole rings is 1. The second-order valence-corrected chi connectivity index (χ2v) is 4.71. The topological polar surface area (TPSA) is 12.9 Å². The van der Waals surface area contributed by atoms with E-state index in [4.69, 9.17) is 0 Å². The lowest BCUT2D eigenvalue weighted by molar-refractivity contribution is 0.603. The summed E-state index contributed by atoms with van der Waals surface area (Å²) in [7, 11) is 0. The molecule has 0 atom stereocenters. The van der Waals surface area contributed by atoms with Gasteiger partial charge in [0.1, 0.15) is 16.6 Å². The summed E-state index contributed by atoms with van der Waals surface area (Å²) in [5.41, 5.74) is 1.03. The van der Waals surface area contributed by atoms with E-state index < -0.39 is 11.6 Å². The smallest absolute Gasteiger partial charge is 0.133 e. The lowest BCUT2D eigenvalue weighted by atomic mass is 10.2. The van der Waals surface area contributed by atoms with Crippen LogP contribution in [0.4, 0.5) is 8.78 Å². The Morgan fingerprint density at radius 3 is 2.75 bits per heavy atom. The Bertz CT molecular complexity index is 523. The highest BCUT2D eigenvalue weighted by Crippen LogP contribution is 2.30. The van der Waals surface area contributed by atoms with Crippen LogP contribution in [0.15, 0.2) is 18.2 Å². The van der Waals surface area contributed by atoms with Crippen molar-refractivity contribution in [1.82, 2.24) is 4.98 Å². The molecule has 0 radical (unpaired) electrons. The Labute approximate surface area is 102 Å². The monoisotopic (exact) mass is 257 g/mol. The molecule has 0 aliphatic carbocycles. The average molecular weight is 257 g/mol. The van der Waals surface area contributed by atoms with Gasteiger partial charge in [0.05, 0.1) is 5.69 Å². The molecule has 2 rings (SSSR count). The maximum Gasteiger partial charge on any atom is 0.133 e. The highest BCUT2D eigenvalue weighted by atomic mass is 32.1. The summed E-state index contributed by atoms with van der Waals surface area (Å²) in [6.45, 7) is 1.84. The molecule has 0 fully saturated rings. The van der Waals surface area contributed by atoms with Crippen molar-refractivity contribution >= 4 is 24.0 Å². The van der Waals surface area contributed by atoms with Gasteiger partial charge in [-0.25, -0.2) is 13.8 Å². The molecule has 0 spiro atoms. The van der Waals surface area contributed by atoms with Crippen LogP contribution in [-0.4, -0.2) is 4.98 Å². The number of hydrogen-bond donors (Lipinski definition) is 1. The highest BCUT2D eigenvalue weighted by molar-refractivity contribution is 7.79. The van der Waals surface area contributed by atoms with Crippen molar-refractivity contribution in [2.24, 2.45) is 0 Å². The molecule has 0 bridgehead atoms. The summed E-state index contributed by atoms with van der Waals surface area (Å²) in [5.74, 6) is -0.363. The van der Waals surface area contributed by atoms with E-state index in [0.717, 1.165) is 28.8 Å². The van der Waals surface area contributed by atoms with Crippen molar-refractivity contribution in [3.63, 3.8) is 0 Å². The van der Waals surface area contributed by atoms with Gasteiger partial charge < -0.3 is 0 Å². The van der Waals surface area contributed by atoms with Crippen LogP contribution in [0.25, 0.3) is 10.6 Å². The minimum Gasteiger partial charge on any atom is -0.241 e. The van der Waals surface area contributed by atoms with E-state index >= 15 is 0 Å². The quantitative estimate of drug-likeness (QED) is 0.807. The Morgan fingerprint density at radius 2 is 2.12 bits per heavy atom. The lowest BCUT2D eigenvalue weighted by Gasteiger charge is -1.98. The normalized spacial score (nSPS) is 10.8. The van der Waals surface area contributed by atoms with E-state index in [1.54, 1.807) is 0 Å². The van der Waals surface area contributed by atoms with Crippen LogP contribution in [0.3, 0.4) is 0 Å².